The van der Waals surface area contributed by atoms with Crippen molar-refractivity contribution in [2.24, 2.45) is 17.3 Å². The smallest absolute Gasteiger partial charge is 0.00957 e. The second-order valence-electron chi connectivity index (χ2n) is 8.17. The van der Waals surface area contributed by atoms with Gasteiger partial charge in [0, 0.05) is 6.04 Å². The molecule has 0 amide bonds. The number of benzene rings is 1. The highest BCUT2D eigenvalue weighted by atomic mass is 14.9. The van der Waals surface area contributed by atoms with Crippen LogP contribution in [0.5, 0.6) is 0 Å². The first kappa shape index (κ1) is 16.5. The summed E-state index contributed by atoms with van der Waals surface area (Å²) in [7, 11) is 2.14. The second kappa shape index (κ2) is 6.52. The molecule has 0 radical (unpaired) electrons. The van der Waals surface area contributed by atoms with Gasteiger partial charge in [0.2, 0.25) is 0 Å². The monoisotopic (exact) mass is 287 g/mol. The maximum absolute atomic E-state index is 3.58. The van der Waals surface area contributed by atoms with E-state index in [9.17, 15) is 0 Å². The Labute approximate surface area is 131 Å². The fourth-order valence-corrected chi connectivity index (χ4v) is 3.96. The Hall–Kier alpha value is -0.820. The first-order chi connectivity index (χ1) is 9.81. The lowest BCUT2D eigenvalue weighted by Gasteiger charge is -2.42. The lowest BCUT2D eigenvalue weighted by atomic mass is 9.66. The van der Waals surface area contributed by atoms with Crippen molar-refractivity contribution in [3.8, 4) is 0 Å². The van der Waals surface area contributed by atoms with Crippen molar-refractivity contribution < 1.29 is 0 Å². The highest BCUT2D eigenvalue weighted by molar-refractivity contribution is 5.31. The molecule has 1 aromatic carbocycles. The fourth-order valence-electron chi connectivity index (χ4n) is 3.96. The number of nitrogens with one attached hydrogen (secondary N) is 1. The van der Waals surface area contributed by atoms with E-state index >= 15 is 0 Å². The van der Waals surface area contributed by atoms with E-state index in [4.69, 9.17) is 0 Å². The van der Waals surface area contributed by atoms with Gasteiger partial charge in [-0.2, -0.15) is 0 Å². The third-order valence-corrected chi connectivity index (χ3v) is 5.56. The Kier molecular flexibility index (Phi) is 5.14. The minimum atomic E-state index is 0.443. The van der Waals surface area contributed by atoms with Crippen molar-refractivity contribution in [1.82, 2.24) is 5.32 Å². The minimum Gasteiger partial charge on any atom is -0.317 e. The van der Waals surface area contributed by atoms with Gasteiger partial charge in [0.25, 0.3) is 0 Å². The van der Waals surface area contributed by atoms with E-state index < -0.39 is 0 Å². The van der Waals surface area contributed by atoms with Crippen LogP contribution in [0.15, 0.2) is 18.2 Å². The van der Waals surface area contributed by atoms with E-state index in [0.29, 0.717) is 11.5 Å². The molecule has 1 aliphatic carbocycles. The highest BCUT2D eigenvalue weighted by Crippen LogP contribution is 2.41. The van der Waals surface area contributed by atoms with Gasteiger partial charge in [-0.05, 0) is 75.0 Å². The van der Waals surface area contributed by atoms with E-state index in [1.165, 1.54) is 36.8 Å². The summed E-state index contributed by atoms with van der Waals surface area (Å²) in [5.41, 5.74) is 4.83. The van der Waals surface area contributed by atoms with Gasteiger partial charge in [0.1, 0.15) is 0 Å². The first-order valence-corrected chi connectivity index (χ1v) is 8.54. The van der Waals surface area contributed by atoms with Gasteiger partial charge in [-0.3, -0.25) is 0 Å². The summed E-state index contributed by atoms with van der Waals surface area (Å²) in [5, 5.41) is 3.58. The van der Waals surface area contributed by atoms with Gasteiger partial charge in [-0.1, -0.05) is 44.5 Å². The molecular formula is C20H33N. The lowest BCUT2D eigenvalue weighted by Crippen LogP contribution is -2.42. The molecule has 1 nitrogen and oxygen atoms in total. The van der Waals surface area contributed by atoms with Crippen molar-refractivity contribution in [2.75, 3.05) is 7.05 Å². The molecular weight excluding hydrogens is 254 g/mol. The molecule has 0 heterocycles. The van der Waals surface area contributed by atoms with Crippen LogP contribution in [0.4, 0.5) is 0 Å². The Morgan fingerprint density at radius 2 is 1.86 bits per heavy atom. The van der Waals surface area contributed by atoms with Crippen LogP contribution in [0.25, 0.3) is 0 Å². The Morgan fingerprint density at radius 1 is 1.14 bits per heavy atom. The third-order valence-electron chi connectivity index (χ3n) is 5.56. The van der Waals surface area contributed by atoms with Crippen molar-refractivity contribution in [3.63, 3.8) is 0 Å². The zero-order valence-electron chi connectivity index (χ0n) is 14.8. The van der Waals surface area contributed by atoms with Crippen LogP contribution in [-0.2, 0) is 6.42 Å². The van der Waals surface area contributed by atoms with Gasteiger partial charge in [-0.25, -0.2) is 0 Å². The van der Waals surface area contributed by atoms with Gasteiger partial charge < -0.3 is 5.32 Å². The van der Waals surface area contributed by atoms with Gasteiger partial charge in [0.15, 0.2) is 0 Å². The summed E-state index contributed by atoms with van der Waals surface area (Å²) in [5.74, 6) is 1.63. The van der Waals surface area contributed by atoms with Crippen LogP contribution in [-0.4, -0.2) is 13.1 Å². The fraction of sp³-hybridized carbons (Fsp3) is 0.700. The van der Waals surface area contributed by atoms with Crippen LogP contribution in [0, 0.1) is 31.1 Å². The molecule has 0 saturated heterocycles. The van der Waals surface area contributed by atoms with E-state index in [1.807, 2.05) is 0 Å². The minimum absolute atomic E-state index is 0.443. The van der Waals surface area contributed by atoms with Gasteiger partial charge >= 0.3 is 0 Å². The molecule has 1 saturated carbocycles. The quantitative estimate of drug-likeness (QED) is 0.834. The SMILES string of the molecule is CNC1CCC(C(C)(C)C)CC1Cc1cc(C)ccc1C. The van der Waals surface area contributed by atoms with Crippen LogP contribution in [0.3, 0.4) is 0 Å². The molecule has 0 aliphatic heterocycles. The second-order valence-corrected chi connectivity index (χ2v) is 8.17. The molecule has 1 heteroatoms. The average molecular weight is 287 g/mol. The molecule has 21 heavy (non-hydrogen) atoms. The van der Waals surface area contributed by atoms with E-state index in [2.05, 4.69) is 65.2 Å². The predicted molar refractivity (Wildman–Crippen MR) is 92.8 cm³/mol. The van der Waals surface area contributed by atoms with Crippen LogP contribution < -0.4 is 5.32 Å². The zero-order chi connectivity index (χ0) is 15.6. The highest BCUT2D eigenvalue weighted by Gasteiger charge is 2.35. The predicted octanol–water partition coefficient (Wildman–Crippen LogP) is 4.90. The zero-order valence-corrected chi connectivity index (χ0v) is 14.8. The molecule has 1 fully saturated rings. The summed E-state index contributed by atoms with van der Waals surface area (Å²) in [4.78, 5) is 0. The Bertz CT molecular complexity index is 469. The van der Waals surface area contributed by atoms with Crippen molar-refractivity contribution in [3.05, 3.63) is 34.9 Å². The normalized spacial score (nSPS) is 26.9. The van der Waals surface area contributed by atoms with Crippen molar-refractivity contribution >= 4 is 0 Å². The molecule has 0 aromatic heterocycles. The van der Waals surface area contributed by atoms with E-state index in [0.717, 1.165) is 11.8 Å². The molecule has 0 bridgehead atoms. The largest absolute Gasteiger partial charge is 0.317 e. The average Bonchev–Trinajstić information content (AvgIpc) is 2.42. The third kappa shape index (κ3) is 4.10. The maximum Gasteiger partial charge on any atom is 0.00957 e. The van der Waals surface area contributed by atoms with Crippen molar-refractivity contribution in [2.45, 2.75) is 66.3 Å². The molecule has 2 rings (SSSR count). The summed E-state index contributed by atoms with van der Waals surface area (Å²) in [6, 6.07) is 7.59. The summed E-state index contributed by atoms with van der Waals surface area (Å²) >= 11 is 0. The number of rotatable bonds is 3. The molecule has 1 aromatic rings. The Morgan fingerprint density at radius 3 is 2.48 bits per heavy atom. The molecule has 1 aliphatic rings. The summed E-state index contributed by atoms with van der Waals surface area (Å²) in [6.45, 7) is 11.7. The standard InChI is InChI=1S/C20H33N/c1-14-7-8-15(2)16(11-14)12-17-13-18(20(3,4)5)9-10-19(17)21-6/h7-8,11,17-19,21H,9-10,12-13H2,1-6H3. The topological polar surface area (TPSA) is 12.0 Å². The lowest BCUT2D eigenvalue weighted by molar-refractivity contribution is 0.116. The van der Waals surface area contributed by atoms with Crippen LogP contribution >= 0.6 is 0 Å². The van der Waals surface area contributed by atoms with E-state index in [-0.39, 0.29) is 0 Å². The molecule has 1 N–H and O–H groups in total. The number of hydrogen-bond donors (Lipinski definition) is 1. The number of hydrogen-bond acceptors (Lipinski definition) is 1. The molecule has 118 valence electrons. The summed E-state index contributed by atoms with van der Waals surface area (Å²) < 4.78 is 0. The van der Waals surface area contributed by atoms with Gasteiger partial charge in [-0.15, -0.1) is 0 Å². The van der Waals surface area contributed by atoms with Crippen molar-refractivity contribution in [1.29, 1.82) is 0 Å². The number of aryl methyl sites for hydroxylation is 2. The van der Waals surface area contributed by atoms with Crippen LogP contribution in [0.2, 0.25) is 0 Å². The molecule has 3 unspecified atom stereocenters. The summed E-state index contributed by atoms with van der Waals surface area (Å²) in [6.07, 6.45) is 5.29. The molecule has 0 spiro atoms. The maximum atomic E-state index is 3.58. The Balaban J connectivity index is 2.16. The van der Waals surface area contributed by atoms with E-state index in [1.54, 1.807) is 5.56 Å². The molecule has 3 atom stereocenters. The first-order valence-electron chi connectivity index (χ1n) is 8.54. The van der Waals surface area contributed by atoms with Gasteiger partial charge in [0.05, 0.1) is 0 Å². The van der Waals surface area contributed by atoms with Crippen LogP contribution in [0.1, 0.15) is 56.7 Å².